The van der Waals surface area contributed by atoms with E-state index in [0.29, 0.717) is 19.3 Å². The van der Waals surface area contributed by atoms with Crippen LogP contribution in [0.15, 0.2) is 48.6 Å². The van der Waals surface area contributed by atoms with Crippen LogP contribution >= 0.6 is 0 Å². The second-order valence-corrected chi connectivity index (χ2v) is 16.7. The third kappa shape index (κ3) is 46.3. The zero-order valence-corrected chi connectivity index (χ0v) is 39.0. The van der Waals surface area contributed by atoms with Gasteiger partial charge in [-0.15, -0.1) is 0 Å². The molecule has 342 valence electrons. The zero-order valence-electron chi connectivity index (χ0n) is 39.0. The Balaban J connectivity index is 4.40. The Morgan fingerprint density at radius 2 is 0.661 bits per heavy atom. The Morgan fingerprint density at radius 3 is 1.07 bits per heavy atom. The summed E-state index contributed by atoms with van der Waals surface area (Å²) in [6.07, 6.45) is 56.6. The summed E-state index contributed by atoms with van der Waals surface area (Å²) in [6, 6.07) is 0. The summed E-state index contributed by atoms with van der Waals surface area (Å²) in [5.41, 5.74) is 0. The van der Waals surface area contributed by atoms with Gasteiger partial charge in [0, 0.05) is 19.3 Å². The van der Waals surface area contributed by atoms with Crippen LogP contribution in [0.5, 0.6) is 0 Å². The molecular weight excluding hydrogens is 733 g/mol. The molecule has 0 aromatic carbocycles. The first-order chi connectivity index (χ1) is 29.0. The lowest BCUT2D eigenvalue weighted by molar-refractivity contribution is -0.167. The van der Waals surface area contributed by atoms with Crippen molar-refractivity contribution in [1.82, 2.24) is 0 Å². The van der Waals surface area contributed by atoms with Gasteiger partial charge >= 0.3 is 17.9 Å². The van der Waals surface area contributed by atoms with Crippen molar-refractivity contribution in [2.75, 3.05) is 13.2 Å². The summed E-state index contributed by atoms with van der Waals surface area (Å²) >= 11 is 0. The largest absolute Gasteiger partial charge is 0.462 e. The molecule has 0 aromatic rings. The minimum atomic E-state index is -0.779. The van der Waals surface area contributed by atoms with E-state index in [4.69, 9.17) is 14.2 Å². The molecule has 0 saturated heterocycles. The molecule has 0 bridgehead atoms. The Morgan fingerprint density at radius 1 is 0.356 bits per heavy atom. The SMILES string of the molecule is CCC=CCC=CCC=CCCCCCCCC(=O)OC[C@@H](COC(=O)CCCCCCCC=CCCCCCC)OC(=O)CCCCCCCCCCCCCCC. The Hall–Kier alpha value is -2.63. The monoisotopic (exact) mass is 827 g/mol. The van der Waals surface area contributed by atoms with Gasteiger partial charge in [-0.3, -0.25) is 14.4 Å². The number of hydrogen-bond donors (Lipinski definition) is 0. The van der Waals surface area contributed by atoms with Gasteiger partial charge in [0.1, 0.15) is 13.2 Å². The summed E-state index contributed by atoms with van der Waals surface area (Å²) in [5, 5.41) is 0. The minimum Gasteiger partial charge on any atom is -0.462 e. The number of carbonyl (C=O) groups is 3. The van der Waals surface area contributed by atoms with Gasteiger partial charge in [-0.1, -0.05) is 204 Å². The molecule has 0 N–H and O–H groups in total. The van der Waals surface area contributed by atoms with Crippen molar-refractivity contribution in [1.29, 1.82) is 0 Å². The van der Waals surface area contributed by atoms with Crippen LogP contribution in [-0.4, -0.2) is 37.2 Å². The summed E-state index contributed by atoms with van der Waals surface area (Å²) in [4.78, 5) is 37.9. The zero-order chi connectivity index (χ0) is 43.0. The topological polar surface area (TPSA) is 78.9 Å². The fourth-order valence-electron chi connectivity index (χ4n) is 7.04. The van der Waals surface area contributed by atoms with Crippen LogP contribution in [0.1, 0.15) is 252 Å². The van der Waals surface area contributed by atoms with Gasteiger partial charge in [0.05, 0.1) is 0 Å². The van der Waals surface area contributed by atoms with Gasteiger partial charge in [-0.05, 0) is 77.0 Å². The lowest BCUT2D eigenvalue weighted by atomic mass is 10.0. The van der Waals surface area contributed by atoms with E-state index in [1.165, 1.54) is 109 Å². The first-order valence-corrected chi connectivity index (χ1v) is 25.1. The van der Waals surface area contributed by atoms with Gasteiger partial charge in [-0.25, -0.2) is 0 Å². The van der Waals surface area contributed by atoms with Crippen LogP contribution in [0, 0.1) is 0 Å². The highest BCUT2D eigenvalue weighted by Gasteiger charge is 2.19. The maximum absolute atomic E-state index is 12.8. The molecule has 6 nitrogen and oxygen atoms in total. The number of rotatable bonds is 45. The number of unbranched alkanes of at least 4 members (excludes halogenated alkanes) is 26. The molecule has 0 unspecified atom stereocenters. The number of hydrogen-bond acceptors (Lipinski definition) is 6. The highest BCUT2D eigenvalue weighted by Crippen LogP contribution is 2.15. The smallest absolute Gasteiger partial charge is 0.306 e. The molecular formula is C53H94O6. The van der Waals surface area contributed by atoms with Crippen LogP contribution < -0.4 is 0 Å². The van der Waals surface area contributed by atoms with Crippen molar-refractivity contribution < 1.29 is 28.6 Å². The van der Waals surface area contributed by atoms with Gasteiger partial charge in [0.25, 0.3) is 0 Å². The standard InChI is InChI=1S/C53H94O6/c1-4-7-10-13-16-19-22-25-26-29-31-34-37-40-43-46-52(55)58-49-50(59-53(56)47-44-41-38-35-32-28-24-21-18-15-12-9-6-3)48-57-51(54)45-42-39-36-33-30-27-23-20-17-14-11-8-5-2/h7,10,16,19-20,23,25-26,50H,4-6,8-9,11-15,17-18,21-22,24,27-49H2,1-3H3/t50-/m1/s1. The first-order valence-electron chi connectivity index (χ1n) is 25.1. The van der Waals surface area contributed by atoms with Crippen molar-refractivity contribution in [3.63, 3.8) is 0 Å². The van der Waals surface area contributed by atoms with Crippen molar-refractivity contribution >= 4 is 17.9 Å². The normalized spacial score (nSPS) is 12.4. The van der Waals surface area contributed by atoms with Crippen LogP contribution in [0.3, 0.4) is 0 Å². The van der Waals surface area contributed by atoms with E-state index in [0.717, 1.165) is 103 Å². The number of esters is 3. The summed E-state index contributed by atoms with van der Waals surface area (Å²) in [6.45, 7) is 6.50. The molecule has 0 spiro atoms. The molecule has 1 atom stereocenters. The molecule has 0 rings (SSSR count). The summed E-state index contributed by atoms with van der Waals surface area (Å²) in [7, 11) is 0. The Kier molecular flexibility index (Phi) is 45.9. The van der Waals surface area contributed by atoms with Crippen molar-refractivity contribution in [3.05, 3.63) is 48.6 Å². The van der Waals surface area contributed by atoms with E-state index in [2.05, 4.69) is 69.4 Å². The molecule has 0 saturated carbocycles. The molecule has 6 heteroatoms. The van der Waals surface area contributed by atoms with Crippen molar-refractivity contribution in [2.45, 2.75) is 258 Å². The average Bonchev–Trinajstić information content (AvgIpc) is 3.23. The lowest BCUT2D eigenvalue weighted by Gasteiger charge is -2.18. The molecule has 0 amide bonds. The average molecular weight is 827 g/mol. The van der Waals surface area contributed by atoms with Gasteiger partial charge in [0.2, 0.25) is 0 Å². The third-order valence-electron chi connectivity index (χ3n) is 10.8. The predicted molar refractivity (Wildman–Crippen MR) is 252 cm³/mol. The fraction of sp³-hybridized carbons (Fsp3) is 0.792. The maximum atomic E-state index is 12.8. The van der Waals surface area contributed by atoms with Gasteiger partial charge in [-0.2, -0.15) is 0 Å². The maximum Gasteiger partial charge on any atom is 0.306 e. The molecule has 0 aliphatic carbocycles. The second kappa shape index (κ2) is 48.0. The van der Waals surface area contributed by atoms with Crippen LogP contribution in [0.2, 0.25) is 0 Å². The number of carbonyl (C=O) groups excluding carboxylic acids is 3. The molecule has 59 heavy (non-hydrogen) atoms. The molecule has 0 radical (unpaired) electrons. The van der Waals surface area contributed by atoms with E-state index in [-0.39, 0.29) is 31.1 Å². The first kappa shape index (κ1) is 56.4. The molecule has 0 heterocycles. The van der Waals surface area contributed by atoms with Crippen molar-refractivity contribution in [3.8, 4) is 0 Å². The van der Waals surface area contributed by atoms with E-state index >= 15 is 0 Å². The minimum absolute atomic E-state index is 0.0811. The molecule has 0 fully saturated rings. The summed E-state index contributed by atoms with van der Waals surface area (Å²) < 4.78 is 16.8. The second-order valence-electron chi connectivity index (χ2n) is 16.7. The van der Waals surface area contributed by atoms with E-state index < -0.39 is 6.10 Å². The highest BCUT2D eigenvalue weighted by molar-refractivity contribution is 5.71. The van der Waals surface area contributed by atoms with Crippen LogP contribution in [0.25, 0.3) is 0 Å². The van der Waals surface area contributed by atoms with Gasteiger partial charge < -0.3 is 14.2 Å². The summed E-state index contributed by atoms with van der Waals surface area (Å²) in [5.74, 6) is -0.900. The van der Waals surface area contributed by atoms with Crippen molar-refractivity contribution in [2.24, 2.45) is 0 Å². The highest BCUT2D eigenvalue weighted by atomic mass is 16.6. The third-order valence-corrected chi connectivity index (χ3v) is 10.8. The quantitative estimate of drug-likeness (QED) is 0.0263. The van der Waals surface area contributed by atoms with Crippen LogP contribution in [0.4, 0.5) is 0 Å². The number of ether oxygens (including phenoxy) is 3. The molecule has 0 aliphatic heterocycles. The Bertz CT molecular complexity index is 1040. The van der Waals surface area contributed by atoms with E-state index in [9.17, 15) is 14.4 Å². The number of allylic oxidation sites excluding steroid dienone is 8. The van der Waals surface area contributed by atoms with E-state index in [1.54, 1.807) is 0 Å². The lowest BCUT2D eigenvalue weighted by Crippen LogP contribution is -2.30. The molecule has 0 aromatic heterocycles. The fourth-order valence-corrected chi connectivity index (χ4v) is 7.04. The predicted octanol–water partition coefficient (Wildman–Crippen LogP) is 16.3. The Labute approximate surface area is 365 Å². The van der Waals surface area contributed by atoms with Crippen LogP contribution in [-0.2, 0) is 28.6 Å². The molecule has 0 aliphatic rings. The van der Waals surface area contributed by atoms with E-state index in [1.807, 2.05) is 0 Å². The van der Waals surface area contributed by atoms with Gasteiger partial charge in [0.15, 0.2) is 6.10 Å².